The highest BCUT2D eigenvalue weighted by Gasteiger charge is 2.03. The van der Waals surface area contributed by atoms with Gasteiger partial charge in [0.1, 0.15) is 12.4 Å². The number of rotatable bonds is 3. The molecule has 0 bridgehead atoms. The van der Waals surface area contributed by atoms with Crippen LogP contribution in [0.25, 0.3) is 0 Å². The van der Waals surface area contributed by atoms with Crippen molar-refractivity contribution < 1.29 is 4.74 Å². The fourth-order valence-electron chi connectivity index (χ4n) is 1.43. The Labute approximate surface area is 117 Å². The molecule has 17 heavy (non-hydrogen) atoms. The standard InChI is InChI=1S/C13H11Br2NO/c14-10-4-2-5-11(7-10)17-8-9-3-1-6-12(16)13(9)15/h1-7H,8,16H2. The molecule has 88 valence electrons. The van der Waals surface area contributed by atoms with Crippen molar-refractivity contribution in [3.05, 3.63) is 57.0 Å². The first-order valence-corrected chi connectivity index (χ1v) is 6.66. The number of anilines is 1. The van der Waals surface area contributed by atoms with E-state index in [2.05, 4.69) is 31.9 Å². The molecule has 0 aliphatic heterocycles. The molecule has 0 aliphatic rings. The van der Waals surface area contributed by atoms with Gasteiger partial charge in [-0.2, -0.15) is 0 Å². The maximum Gasteiger partial charge on any atom is 0.120 e. The first kappa shape index (κ1) is 12.5. The molecule has 0 fully saturated rings. The zero-order valence-electron chi connectivity index (χ0n) is 8.99. The van der Waals surface area contributed by atoms with Crippen molar-refractivity contribution in [1.29, 1.82) is 0 Å². The molecule has 4 heteroatoms. The maximum atomic E-state index is 5.80. The average Bonchev–Trinajstić information content (AvgIpc) is 2.31. The quantitative estimate of drug-likeness (QED) is 0.828. The zero-order valence-corrected chi connectivity index (χ0v) is 12.2. The van der Waals surface area contributed by atoms with Crippen LogP contribution < -0.4 is 10.5 Å². The highest BCUT2D eigenvalue weighted by Crippen LogP contribution is 2.25. The minimum Gasteiger partial charge on any atom is -0.489 e. The summed E-state index contributed by atoms with van der Waals surface area (Å²) in [7, 11) is 0. The highest BCUT2D eigenvalue weighted by atomic mass is 79.9. The maximum absolute atomic E-state index is 5.80. The van der Waals surface area contributed by atoms with Crippen LogP contribution in [0.4, 0.5) is 5.69 Å². The molecule has 0 spiro atoms. The first-order valence-electron chi connectivity index (χ1n) is 5.08. The van der Waals surface area contributed by atoms with Crippen LogP contribution in [0, 0.1) is 0 Å². The molecule has 0 saturated heterocycles. The van der Waals surface area contributed by atoms with Crippen LogP contribution >= 0.6 is 31.9 Å². The molecule has 0 atom stereocenters. The summed E-state index contributed by atoms with van der Waals surface area (Å²) in [6.45, 7) is 0.488. The number of ether oxygens (including phenoxy) is 1. The summed E-state index contributed by atoms with van der Waals surface area (Å²) in [5.41, 5.74) is 7.56. The fraction of sp³-hybridized carbons (Fsp3) is 0.0769. The van der Waals surface area contributed by atoms with Crippen molar-refractivity contribution >= 4 is 37.5 Å². The summed E-state index contributed by atoms with van der Waals surface area (Å²) < 4.78 is 7.59. The predicted octanol–water partition coefficient (Wildman–Crippen LogP) is 4.37. The van der Waals surface area contributed by atoms with Crippen LogP contribution in [-0.4, -0.2) is 0 Å². The average molecular weight is 357 g/mol. The van der Waals surface area contributed by atoms with Crippen molar-refractivity contribution in [2.24, 2.45) is 0 Å². The Morgan fingerprint density at radius 3 is 2.59 bits per heavy atom. The molecule has 0 aromatic heterocycles. The minimum atomic E-state index is 0.488. The summed E-state index contributed by atoms with van der Waals surface area (Å²) >= 11 is 6.86. The molecule has 2 aromatic rings. The summed E-state index contributed by atoms with van der Waals surface area (Å²) in [5, 5.41) is 0. The Balaban J connectivity index is 2.10. The Morgan fingerprint density at radius 1 is 1.06 bits per heavy atom. The molecule has 0 unspecified atom stereocenters. The van der Waals surface area contributed by atoms with Gasteiger partial charge in [0.05, 0.1) is 0 Å². The van der Waals surface area contributed by atoms with Gasteiger partial charge >= 0.3 is 0 Å². The van der Waals surface area contributed by atoms with Crippen LogP contribution in [0.15, 0.2) is 51.4 Å². The van der Waals surface area contributed by atoms with E-state index in [9.17, 15) is 0 Å². The number of benzene rings is 2. The van der Waals surface area contributed by atoms with Gasteiger partial charge in [0.25, 0.3) is 0 Å². The Hall–Kier alpha value is -1.000. The van der Waals surface area contributed by atoms with Crippen molar-refractivity contribution in [2.45, 2.75) is 6.61 Å². The van der Waals surface area contributed by atoms with Gasteiger partial charge in [0.15, 0.2) is 0 Å². The summed E-state index contributed by atoms with van der Waals surface area (Å²) in [6.07, 6.45) is 0. The number of hydrogen-bond acceptors (Lipinski definition) is 2. The van der Waals surface area contributed by atoms with Gasteiger partial charge in [-0.25, -0.2) is 0 Å². The molecular formula is C13H11Br2NO. The third kappa shape index (κ3) is 3.23. The van der Waals surface area contributed by atoms with Crippen LogP contribution in [0.2, 0.25) is 0 Å². The molecule has 0 heterocycles. The normalized spacial score (nSPS) is 10.2. The minimum absolute atomic E-state index is 0.488. The summed E-state index contributed by atoms with van der Waals surface area (Å²) in [6, 6.07) is 13.5. The lowest BCUT2D eigenvalue weighted by atomic mass is 10.2. The van der Waals surface area contributed by atoms with Gasteiger partial charge in [-0.05, 0) is 40.2 Å². The van der Waals surface area contributed by atoms with E-state index in [-0.39, 0.29) is 0 Å². The number of hydrogen-bond donors (Lipinski definition) is 1. The molecule has 2 rings (SSSR count). The van der Waals surface area contributed by atoms with Gasteiger partial charge in [0.2, 0.25) is 0 Å². The highest BCUT2D eigenvalue weighted by molar-refractivity contribution is 9.11. The van der Waals surface area contributed by atoms with Crippen LogP contribution in [0.5, 0.6) is 5.75 Å². The van der Waals surface area contributed by atoms with E-state index in [0.717, 1.165) is 25.9 Å². The molecule has 2 aromatic carbocycles. The van der Waals surface area contributed by atoms with E-state index in [1.165, 1.54) is 0 Å². The molecular weight excluding hydrogens is 346 g/mol. The van der Waals surface area contributed by atoms with Gasteiger partial charge < -0.3 is 10.5 Å². The lowest BCUT2D eigenvalue weighted by Crippen LogP contribution is -1.98. The second kappa shape index (κ2) is 5.56. The zero-order chi connectivity index (χ0) is 12.3. The number of nitrogens with two attached hydrogens (primary N) is 1. The molecule has 2 N–H and O–H groups in total. The predicted molar refractivity (Wildman–Crippen MR) is 77.0 cm³/mol. The van der Waals surface area contributed by atoms with Gasteiger partial charge in [-0.3, -0.25) is 0 Å². The second-order valence-corrected chi connectivity index (χ2v) is 5.28. The van der Waals surface area contributed by atoms with Crippen LogP contribution in [0.3, 0.4) is 0 Å². The summed E-state index contributed by atoms with van der Waals surface area (Å²) in [5.74, 6) is 0.827. The largest absolute Gasteiger partial charge is 0.489 e. The molecule has 0 amide bonds. The molecule has 0 saturated carbocycles. The van der Waals surface area contributed by atoms with E-state index in [4.69, 9.17) is 10.5 Å². The van der Waals surface area contributed by atoms with E-state index < -0.39 is 0 Å². The van der Waals surface area contributed by atoms with E-state index in [1.54, 1.807) is 0 Å². The van der Waals surface area contributed by atoms with E-state index in [0.29, 0.717) is 6.61 Å². The SMILES string of the molecule is Nc1cccc(COc2cccc(Br)c2)c1Br. The fourth-order valence-corrected chi connectivity index (χ4v) is 2.19. The Morgan fingerprint density at radius 2 is 1.82 bits per heavy atom. The van der Waals surface area contributed by atoms with Crippen molar-refractivity contribution in [2.75, 3.05) is 5.73 Å². The first-order chi connectivity index (χ1) is 8.16. The van der Waals surface area contributed by atoms with Crippen molar-refractivity contribution in [1.82, 2.24) is 0 Å². The third-order valence-corrected chi connectivity index (χ3v) is 3.76. The number of nitrogen functional groups attached to an aromatic ring is 1. The molecule has 0 radical (unpaired) electrons. The van der Waals surface area contributed by atoms with Gasteiger partial charge in [-0.1, -0.05) is 34.1 Å². The van der Waals surface area contributed by atoms with Gasteiger partial charge in [-0.15, -0.1) is 0 Å². The Bertz CT molecular complexity index is 529. The second-order valence-electron chi connectivity index (χ2n) is 3.57. The van der Waals surface area contributed by atoms with E-state index in [1.807, 2.05) is 42.5 Å². The molecule has 0 aliphatic carbocycles. The monoisotopic (exact) mass is 355 g/mol. The van der Waals surface area contributed by atoms with Crippen molar-refractivity contribution in [3.8, 4) is 5.75 Å². The third-order valence-electron chi connectivity index (χ3n) is 2.30. The Kier molecular flexibility index (Phi) is 4.07. The van der Waals surface area contributed by atoms with E-state index >= 15 is 0 Å². The smallest absolute Gasteiger partial charge is 0.120 e. The van der Waals surface area contributed by atoms with Crippen LogP contribution in [-0.2, 0) is 6.61 Å². The number of halogens is 2. The van der Waals surface area contributed by atoms with Crippen LogP contribution in [0.1, 0.15) is 5.56 Å². The lowest BCUT2D eigenvalue weighted by molar-refractivity contribution is 0.305. The summed E-state index contributed by atoms with van der Waals surface area (Å²) in [4.78, 5) is 0. The molecule has 2 nitrogen and oxygen atoms in total. The lowest BCUT2D eigenvalue weighted by Gasteiger charge is -2.09. The van der Waals surface area contributed by atoms with Gasteiger partial charge in [0, 0.05) is 20.2 Å². The van der Waals surface area contributed by atoms with Crippen molar-refractivity contribution in [3.63, 3.8) is 0 Å². The topological polar surface area (TPSA) is 35.2 Å².